The molecule has 0 aromatic heterocycles. The molecule has 0 radical (unpaired) electrons. The van der Waals surface area contributed by atoms with E-state index < -0.39 is 15.7 Å². The van der Waals surface area contributed by atoms with Gasteiger partial charge in [-0.2, -0.15) is 0 Å². The van der Waals surface area contributed by atoms with Gasteiger partial charge in [-0.25, -0.2) is 12.8 Å². The molecule has 0 spiro atoms. The van der Waals surface area contributed by atoms with Gasteiger partial charge in [0.15, 0.2) is 21.4 Å². The summed E-state index contributed by atoms with van der Waals surface area (Å²) in [6.45, 7) is 0.451. The molecule has 0 saturated carbocycles. The predicted molar refractivity (Wildman–Crippen MR) is 78.8 cm³/mol. The van der Waals surface area contributed by atoms with E-state index in [0.29, 0.717) is 18.7 Å². The Morgan fingerprint density at radius 1 is 1.14 bits per heavy atom. The summed E-state index contributed by atoms with van der Waals surface area (Å²) in [6, 6.07) is 10.5. The Balaban J connectivity index is 2.18. The van der Waals surface area contributed by atoms with Crippen LogP contribution in [0.25, 0.3) is 0 Å². The third-order valence-electron chi connectivity index (χ3n) is 2.91. The molecule has 2 aromatic rings. The third-order valence-corrected chi connectivity index (χ3v) is 4.04. The van der Waals surface area contributed by atoms with Crippen molar-refractivity contribution in [1.29, 1.82) is 0 Å². The first-order valence-electron chi connectivity index (χ1n) is 6.36. The molecular formula is C15H16FNO3S. The number of halogens is 1. The molecule has 0 saturated heterocycles. The summed E-state index contributed by atoms with van der Waals surface area (Å²) in [5.41, 5.74) is 6.22. The minimum Gasteiger partial charge on any atom is -0.454 e. The Morgan fingerprint density at radius 2 is 1.81 bits per heavy atom. The lowest BCUT2D eigenvalue weighted by molar-refractivity contribution is 0.441. The molecule has 6 heteroatoms. The van der Waals surface area contributed by atoms with Gasteiger partial charge in [-0.15, -0.1) is 0 Å². The molecule has 2 rings (SSSR count). The second-order valence-corrected chi connectivity index (χ2v) is 6.66. The molecule has 0 aliphatic carbocycles. The Morgan fingerprint density at radius 3 is 2.33 bits per heavy atom. The lowest BCUT2D eigenvalue weighted by atomic mass is 10.1. The van der Waals surface area contributed by atoms with Crippen molar-refractivity contribution in [3.8, 4) is 11.5 Å². The van der Waals surface area contributed by atoms with Gasteiger partial charge < -0.3 is 10.5 Å². The number of benzene rings is 2. The van der Waals surface area contributed by atoms with Gasteiger partial charge in [-0.1, -0.05) is 6.07 Å². The second-order valence-electron chi connectivity index (χ2n) is 4.65. The van der Waals surface area contributed by atoms with Crippen molar-refractivity contribution in [3.63, 3.8) is 0 Å². The maximum atomic E-state index is 13.9. The van der Waals surface area contributed by atoms with Crippen molar-refractivity contribution in [3.05, 3.63) is 53.8 Å². The Bertz CT molecular complexity index is 727. The number of hydrogen-bond acceptors (Lipinski definition) is 4. The topological polar surface area (TPSA) is 69.4 Å². The molecule has 0 aliphatic rings. The lowest BCUT2D eigenvalue weighted by Crippen LogP contribution is -2.03. The highest BCUT2D eigenvalue weighted by Gasteiger charge is 2.09. The highest BCUT2D eigenvalue weighted by atomic mass is 32.2. The molecule has 2 aromatic carbocycles. The lowest BCUT2D eigenvalue weighted by Gasteiger charge is -2.08. The fourth-order valence-electron chi connectivity index (χ4n) is 1.83. The number of ether oxygens (including phenoxy) is 1. The Kier molecular flexibility index (Phi) is 4.59. The molecule has 0 atom stereocenters. The number of sulfone groups is 1. The molecule has 0 aliphatic heterocycles. The number of rotatable bonds is 5. The summed E-state index contributed by atoms with van der Waals surface area (Å²) < 4.78 is 42.0. The molecule has 0 bridgehead atoms. The monoisotopic (exact) mass is 309 g/mol. The van der Waals surface area contributed by atoms with E-state index in [-0.39, 0.29) is 10.6 Å². The number of nitrogens with two attached hydrogens (primary N) is 1. The highest BCUT2D eigenvalue weighted by molar-refractivity contribution is 7.90. The van der Waals surface area contributed by atoms with E-state index in [1.165, 1.54) is 36.4 Å². The van der Waals surface area contributed by atoms with Crippen molar-refractivity contribution in [2.24, 2.45) is 5.73 Å². The normalized spacial score (nSPS) is 11.4. The van der Waals surface area contributed by atoms with E-state index in [1.54, 1.807) is 6.07 Å². The minimum absolute atomic E-state index is 0.0860. The van der Waals surface area contributed by atoms with Crippen LogP contribution in [0, 0.1) is 5.82 Å². The van der Waals surface area contributed by atoms with Gasteiger partial charge in [-0.05, 0) is 54.9 Å². The molecule has 112 valence electrons. The first-order valence-corrected chi connectivity index (χ1v) is 8.26. The fraction of sp³-hybridized carbons (Fsp3) is 0.200. The summed E-state index contributed by atoms with van der Waals surface area (Å²) in [5, 5.41) is 0. The maximum absolute atomic E-state index is 13.9. The van der Waals surface area contributed by atoms with Crippen LogP contribution in [0.5, 0.6) is 11.5 Å². The van der Waals surface area contributed by atoms with Crippen LogP contribution in [0.1, 0.15) is 5.56 Å². The minimum atomic E-state index is -3.25. The van der Waals surface area contributed by atoms with Crippen molar-refractivity contribution in [2.75, 3.05) is 12.8 Å². The van der Waals surface area contributed by atoms with Crippen molar-refractivity contribution >= 4 is 9.84 Å². The number of hydrogen-bond donors (Lipinski definition) is 1. The van der Waals surface area contributed by atoms with Gasteiger partial charge in [-0.3, -0.25) is 0 Å². The fourth-order valence-corrected chi connectivity index (χ4v) is 2.46. The molecule has 21 heavy (non-hydrogen) atoms. The van der Waals surface area contributed by atoms with E-state index in [2.05, 4.69) is 0 Å². The predicted octanol–water partition coefficient (Wildman–Crippen LogP) is 2.52. The summed E-state index contributed by atoms with van der Waals surface area (Å²) in [4.78, 5) is 0.189. The average Bonchev–Trinajstić information content (AvgIpc) is 2.42. The Hall–Kier alpha value is -1.92. The largest absolute Gasteiger partial charge is 0.454 e. The molecular weight excluding hydrogens is 293 g/mol. The zero-order valence-electron chi connectivity index (χ0n) is 11.5. The van der Waals surface area contributed by atoms with Crippen LogP contribution >= 0.6 is 0 Å². The summed E-state index contributed by atoms with van der Waals surface area (Å²) >= 11 is 0. The third kappa shape index (κ3) is 4.03. The molecule has 0 heterocycles. The smallest absolute Gasteiger partial charge is 0.175 e. The molecule has 0 amide bonds. The van der Waals surface area contributed by atoms with Gasteiger partial charge >= 0.3 is 0 Å². The van der Waals surface area contributed by atoms with Crippen LogP contribution in [0.3, 0.4) is 0 Å². The maximum Gasteiger partial charge on any atom is 0.175 e. The van der Waals surface area contributed by atoms with E-state index in [0.717, 1.165) is 11.8 Å². The van der Waals surface area contributed by atoms with Crippen LogP contribution in [0.4, 0.5) is 4.39 Å². The zero-order valence-corrected chi connectivity index (χ0v) is 12.4. The van der Waals surface area contributed by atoms with Crippen molar-refractivity contribution in [1.82, 2.24) is 0 Å². The molecule has 0 fully saturated rings. The van der Waals surface area contributed by atoms with Gasteiger partial charge in [0.2, 0.25) is 0 Å². The SMILES string of the molecule is CS(=O)(=O)c1ccc(Oc2ccc(CCN)cc2F)cc1. The standard InChI is InChI=1S/C15H16FNO3S/c1-21(18,19)13-5-3-12(4-6-13)20-15-7-2-11(8-9-17)10-14(15)16/h2-7,10H,8-9,17H2,1H3. The molecule has 2 N–H and O–H groups in total. The van der Waals surface area contributed by atoms with E-state index >= 15 is 0 Å². The first kappa shape index (κ1) is 15.5. The van der Waals surface area contributed by atoms with Crippen molar-refractivity contribution in [2.45, 2.75) is 11.3 Å². The second kappa shape index (κ2) is 6.24. The van der Waals surface area contributed by atoms with E-state index in [1.807, 2.05) is 0 Å². The Labute approximate surface area is 123 Å². The van der Waals surface area contributed by atoms with Crippen LogP contribution in [-0.4, -0.2) is 21.2 Å². The van der Waals surface area contributed by atoms with Gasteiger partial charge in [0.1, 0.15) is 5.75 Å². The summed E-state index contributed by atoms with van der Waals surface area (Å²) in [6.07, 6.45) is 1.72. The first-order chi connectivity index (χ1) is 9.90. The molecule has 0 unspecified atom stereocenters. The van der Waals surface area contributed by atoms with Gasteiger partial charge in [0.25, 0.3) is 0 Å². The summed E-state index contributed by atoms with van der Waals surface area (Å²) in [5.74, 6) is -0.0242. The highest BCUT2D eigenvalue weighted by Crippen LogP contribution is 2.26. The van der Waals surface area contributed by atoms with Gasteiger partial charge in [0.05, 0.1) is 4.90 Å². The van der Waals surface area contributed by atoms with Crippen LogP contribution in [0.15, 0.2) is 47.4 Å². The van der Waals surface area contributed by atoms with E-state index in [4.69, 9.17) is 10.5 Å². The average molecular weight is 309 g/mol. The molecule has 4 nitrogen and oxygen atoms in total. The van der Waals surface area contributed by atoms with Crippen LogP contribution < -0.4 is 10.5 Å². The van der Waals surface area contributed by atoms with E-state index in [9.17, 15) is 12.8 Å². The van der Waals surface area contributed by atoms with Crippen molar-refractivity contribution < 1.29 is 17.5 Å². The van der Waals surface area contributed by atoms with Crippen LogP contribution in [-0.2, 0) is 16.3 Å². The zero-order chi connectivity index (χ0) is 15.5. The van der Waals surface area contributed by atoms with Gasteiger partial charge in [0, 0.05) is 6.26 Å². The quantitative estimate of drug-likeness (QED) is 0.921. The summed E-state index contributed by atoms with van der Waals surface area (Å²) in [7, 11) is -3.25. The van der Waals surface area contributed by atoms with Crippen LogP contribution in [0.2, 0.25) is 0 Å².